The first-order valence-corrected chi connectivity index (χ1v) is 36.5. The Labute approximate surface area is 364 Å². The number of aryl methyl sites for hydroxylation is 1. The zero-order chi connectivity index (χ0) is 42.7. The van der Waals surface area contributed by atoms with Crippen LogP contribution >= 0.6 is 0 Å². The average Bonchev–Trinajstić information content (AvgIpc) is 3.77. The predicted molar refractivity (Wildman–Crippen MR) is 258 cm³/mol. The molecule has 0 N–H and O–H groups in total. The van der Waals surface area contributed by atoms with Gasteiger partial charge in [0.2, 0.25) is 0 Å². The van der Waals surface area contributed by atoms with Gasteiger partial charge in [0.15, 0.2) is 0 Å². The molecule has 59 heavy (non-hydrogen) atoms. The van der Waals surface area contributed by atoms with Gasteiger partial charge < -0.3 is 0 Å². The summed E-state index contributed by atoms with van der Waals surface area (Å²) in [6.07, 6.45) is 6.71. The van der Waals surface area contributed by atoms with Crippen LogP contribution in [0.2, 0.25) is 22.0 Å². The van der Waals surface area contributed by atoms with Crippen LogP contribution in [0.1, 0.15) is 141 Å². The number of fused-ring (bicyclic) bond motifs is 6. The summed E-state index contributed by atoms with van der Waals surface area (Å²) in [5.74, 6) is 0. The second-order valence-electron chi connectivity index (χ2n) is 23.4. The average molecular weight is 962 g/mol. The molecule has 2 atom stereocenters. The third kappa shape index (κ3) is 7.45. The monoisotopic (exact) mass is 962 g/mol. The normalized spacial score (nSPS) is 21.0. The van der Waals surface area contributed by atoms with Gasteiger partial charge in [0.25, 0.3) is 0 Å². The Morgan fingerprint density at radius 1 is 0.475 bits per heavy atom. The van der Waals surface area contributed by atoms with Gasteiger partial charge in [-0.25, -0.2) is 0 Å². The molecule has 1 aliphatic heterocycles. The molecule has 2 heteroatoms. The van der Waals surface area contributed by atoms with Crippen LogP contribution in [0.25, 0.3) is 34.4 Å². The van der Waals surface area contributed by atoms with E-state index in [1.807, 2.05) is 10.4 Å². The molecule has 0 amide bonds. The van der Waals surface area contributed by atoms with Crippen LogP contribution in [0, 0.1) is 0 Å². The van der Waals surface area contributed by atoms with E-state index in [-0.39, 0.29) is 21.7 Å². The van der Waals surface area contributed by atoms with Crippen LogP contribution < -0.4 is 0 Å². The van der Waals surface area contributed by atoms with Gasteiger partial charge in [-0.3, -0.25) is 0 Å². The van der Waals surface area contributed by atoms with Crippen molar-refractivity contribution in [2.24, 2.45) is 0 Å². The fourth-order valence-electron chi connectivity index (χ4n) is 10.8. The summed E-state index contributed by atoms with van der Waals surface area (Å²) in [4.78, 5) is 0. The molecule has 1 fully saturated rings. The molecular formula is C57H70HfSi. The van der Waals surface area contributed by atoms with Gasteiger partial charge in [0.05, 0.1) is 0 Å². The number of rotatable bonds is 5. The fraction of sp³-hybridized carbons (Fsp3) is 0.404. The van der Waals surface area contributed by atoms with Gasteiger partial charge in [-0.05, 0) is 0 Å². The van der Waals surface area contributed by atoms with Crippen LogP contribution in [-0.2, 0) is 48.0 Å². The molecule has 3 aliphatic rings. The summed E-state index contributed by atoms with van der Waals surface area (Å²) in [5.41, 5.74) is 19.4. The first-order chi connectivity index (χ1) is 27.4. The van der Waals surface area contributed by atoms with Crippen LogP contribution in [0.3, 0.4) is 0 Å². The summed E-state index contributed by atoms with van der Waals surface area (Å²) < 4.78 is 6.83. The van der Waals surface area contributed by atoms with Gasteiger partial charge in [-0.1, -0.05) is 0 Å². The molecule has 0 nitrogen and oxygen atoms in total. The maximum absolute atomic E-state index is 3.29. The standard InChI is InChI=1S/C55H64Si.2CH3.Hf/c1-52(2,3)42-27-40(28-43(33-42)53(4,5)6)48-23-17-21-38-31-46(35-50(38)48)56(13,26-25-37-19-15-14-16-20-37)47-32-39-22-18-24-49(51(39)36-47)41-29-44(54(7,8)9)34-45(30-41)55(10,11)12;;;/h14-24,27-36H,25-26H2,1-13H3;2*1H3;. The Hall–Kier alpha value is -3.33. The van der Waals surface area contributed by atoms with E-state index in [9.17, 15) is 0 Å². The van der Waals surface area contributed by atoms with Crippen molar-refractivity contribution in [2.75, 3.05) is 0 Å². The van der Waals surface area contributed by atoms with Gasteiger partial charge in [-0.15, -0.1) is 0 Å². The first-order valence-electron chi connectivity index (χ1n) is 22.5. The summed E-state index contributed by atoms with van der Waals surface area (Å²) >= 11 is -3.29. The van der Waals surface area contributed by atoms with Gasteiger partial charge in [0.1, 0.15) is 0 Å². The molecule has 0 aromatic heterocycles. The van der Waals surface area contributed by atoms with Crippen molar-refractivity contribution < 1.29 is 20.0 Å². The van der Waals surface area contributed by atoms with E-state index < -0.39 is 28.0 Å². The second kappa shape index (κ2) is 14.4. The van der Waals surface area contributed by atoms with Crippen molar-refractivity contribution in [3.05, 3.63) is 164 Å². The molecule has 0 radical (unpaired) electrons. The fourth-order valence-corrected chi connectivity index (χ4v) is 43.1. The molecule has 2 aliphatic carbocycles. The molecule has 8 rings (SSSR count). The van der Waals surface area contributed by atoms with E-state index in [2.05, 4.69) is 214 Å². The minimum absolute atomic E-state index is 0.0704. The molecule has 0 bridgehead atoms. The van der Waals surface area contributed by atoms with E-state index >= 15 is 0 Å². The Morgan fingerprint density at radius 3 is 1.20 bits per heavy atom. The molecular weight excluding hydrogens is 891 g/mol. The number of hydrogen-bond donors (Lipinski definition) is 0. The van der Waals surface area contributed by atoms with Gasteiger partial charge in [-0.2, -0.15) is 0 Å². The van der Waals surface area contributed by atoms with Crippen molar-refractivity contribution in [1.29, 1.82) is 0 Å². The van der Waals surface area contributed by atoms with Crippen LogP contribution in [0.5, 0.6) is 0 Å². The third-order valence-electron chi connectivity index (χ3n) is 14.6. The number of allylic oxidation sites excluding steroid dienone is 2. The summed E-state index contributed by atoms with van der Waals surface area (Å²) in [7, 11) is -2.20. The summed E-state index contributed by atoms with van der Waals surface area (Å²) in [6, 6.07) is 42.4. The van der Waals surface area contributed by atoms with Crippen molar-refractivity contribution in [3.63, 3.8) is 0 Å². The van der Waals surface area contributed by atoms with Crippen LogP contribution in [-0.4, -0.2) is 8.07 Å². The Bertz CT molecular complexity index is 2300. The minimum atomic E-state index is -3.29. The zero-order valence-electron chi connectivity index (χ0n) is 39.0. The number of hydrogen-bond acceptors (Lipinski definition) is 0. The molecule has 5 aromatic carbocycles. The quantitative estimate of drug-likeness (QED) is 0.154. The predicted octanol–water partition coefficient (Wildman–Crippen LogP) is 16.5. The van der Waals surface area contributed by atoms with Crippen molar-refractivity contribution in [1.82, 2.24) is 0 Å². The second-order valence-corrected chi connectivity index (χ2v) is 45.0. The molecule has 1 heterocycles. The maximum atomic E-state index is 2.83. The Morgan fingerprint density at radius 2 is 0.847 bits per heavy atom. The Balaban J connectivity index is 1.35. The summed E-state index contributed by atoms with van der Waals surface area (Å²) in [5, 5.41) is 3.68. The van der Waals surface area contributed by atoms with Crippen molar-refractivity contribution in [2.45, 2.75) is 140 Å². The summed E-state index contributed by atoms with van der Waals surface area (Å²) in [6.45, 7) is 31.2. The molecule has 5 aromatic rings. The topological polar surface area (TPSA) is 0 Å². The van der Waals surface area contributed by atoms with Crippen LogP contribution in [0.4, 0.5) is 0 Å². The van der Waals surface area contributed by atoms with E-state index in [1.165, 1.54) is 67.2 Å². The van der Waals surface area contributed by atoms with E-state index in [0.29, 0.717) is 7.35 Å². The zero-order valence-corrected chi connectivity index (χ0v) is 43.6. The van der Waals surface area contributed by atoms with E-state index in [1.54, 1.807) is 11.1 Å². The SMILES string of the molecule is CC(C)(C)c1cc(-c2cccc3c2C=C2[CH]3[Hf]([CH3])([CH3])[CH]3C(=Cc4c(-c5cc(C(C)(C)C)cc(C(C)(C)C)c5)cccc43)[Si]2(C)CCc2ccccc2)cc(C(C)(C)C)c1. The van der Waals surface area contributed by atoms with Crippen molar-refractivity contribution >= 4 is 20.2 Å². The molecule has 1 saturated heterocycles. The van der Waals surface area contributed by atoms with Crippen LogP contribution in [0.15, 0.2) is 114 Å². The first kappa shape index (κ1) is 42.4. The van der Waals surface area contributed by atoms with Crippen molar-refractivity contribution in [3.8, 4) is 22.3 Å². The van der Waals surface area contributed by atoms with E-state index in [0.717, 1.165) is 6.42 Å². The number of benzene rings is 5. The molecule has 0 spiro atoms. The Kier molecular flexibility index (Phi) is 10.3. The van der Waals surface area contributed by atoms with Gasteiger partial charge >= 0.3 is 367 Å². The molecule has 306 valence electrons. The molecule has 2 unspecified atom stereocenters. The third-order valence-corrected chi connectivity index (χ3v) is 36.5. The van der Waals surface area contributed by atoms with E-state index in [4.69, 9.17) is 0 Å². The van der Waals surface area contributed by atoms with Gasteiger partial charge in [0, 0.05) is 0 Å². The molecule has 0 saturated carbocycles.